The molecule has 0 aliphatic rings. The van der Waals surface area contributed by atoms with Gasteiger partial charge in [-0.1, -0.05) is 35.9 Å². The van der Waals surface area contributed by atoms with E-state index in [2.05, 4.69) is 9.97 Å². The molecule has 3 nitrogen and oxygen atoms in total. The number of benzene rings is 2. The number of hydrogen-bond acceptors (Lipinski definition) is 3. The van der Waals surface area contributed by atoms with E-state index in [1.54, 1.807) is 24.3 Å². The van der Waals surface area contributed by atoms with Crippen molar-refractivity contribution < 1.29 is 13.2 Å². The van der Waals surface area contributed by atoms with Crippen molar-refractivity contribution in [2.24, 2.45) is 5.73 Å². The molecule has 0 aliphatic heterocycles. The molecular weight excluding hydrogens is 339 g/mol. The minimum atomic E-state index is -4.51. The van der Waals surface area contributed by atoms with Crippen molar-refractivity contribution in [3.8, 4) is 11.3 Å². The topological polar surface area (TPSA) is 51.8 Å². The lowest BCUT2D eigenvalue weighted by atomic mass is 10.1. The molecule has 0 radical (unpaired) electrons. The Bertz CT molecular complexity index is 894. The van der Waals surface area contributed by atoms with E-state index in [1.165, 1.54) is 12.1 Å². The first-order chi connectivity index (χ1) is 11.4. The van der Waals surface area contributed by atoms with Gasteiger partial charge in [0, 0.05) is 12.0 Å². The van der Waals surface area contributed by atoms with E-state index >= 15 is 0 Å². The van der Waals surface area contributed by atoms with Gasteiger partial charge in [-0.05, 0) is 24.7 Å². The summed E-state index contributed by atoms with van der Waals surface area (Å²) in [4.78, 5) is 8.62. The fourth-order valence-electron chi connectivity index (χ4n) is 2.52. The number of halogens is 4. The summed E-state index contributed by atoms with van der Waals surface area (Å²) in [7, 11) is 0. The van der Waals surface area contributed by atoms with E-state index < -0.39 is 11.7 Å². The Labute approximate surface area is 141 Å². The highest BCUT2D eigenvalue weighted by Crippen LogP contribution is 2.36. The SMILES string of the molecule is NCCc1nc2cccc(C(F)(F)F)c2nc1-c1ccccc1Cl. The van der Waals surface area contributed by atoms with Crippen molar-refractivity contribution in [1.82, 2.24) is 9.97 Å². The molecule has 0 bridgehead atoms. The minimum absolute atomic E-state index is 0.184. The van der Waals surface area contributed by atoms with E-state index in [4.69, 9.17) is 17.3 Å². The van der Waals surface area contributed by atoms with Gasteiger partial charge in [0.25, 0.3) is 0 Å². The summed E-state index contributed by atoms with van der Waals surface area (Å²) in [5.74, 6) is 0. The number of fused-ring (bicyclic) bond motifs is 1. The molecule has 0 atom stereocenters. The standard InChI is InChI=1S/C17H13ClF3N3/c18-12-6-2-1-4-10(12)15-14(8-9-22)23-13-7-3-5-11(16(13)24-15)17(19,20)21/h1-7H,8-9,22H2. The summed E-state index contributed by atoms with van der Waals surface area (Å²) in [5.41, 5.74) is 6.17. The Morgan fingerprint density at radius 1 is 1.00 bits per heavy atom. The zero-order valence-electron chi connectivity index (χ0n) is 12.4. The van der Waals surface area contributed by atoms with E-state index in [0.717, 1.165) is 6.07 Å². The maximum Gasteiger partial charge on any atom is 0.418 e. The number of aromatic nitrogens is 2. The van der Waals surface area contributed by atoms with Crippen LogP contribution in [-0.4, -0.2) is 16.5 Å². The molecule has 3 rings (SSSR count). The van der Waals surface area contributed by atoms with E-state index in [9.17, 15) is 13.2 Å². The van der Waals surface area contributed by atoms with Crippen molar-refractivity contribution in [3.05, 3.63) is 58.7 Å². The largest absolute Gasteiger partial charge is 0.418 e. The van der Waals surface area contributed by atoms with Crippen molar-refractivity contribution in [2.75, 3.05) is 6.54 Å². The van der Waals surface area contributed by atoms with E-state index in [-0.39, 0.29) is 11.0 Å². The Kier molecular flexibility index (Phi) is 4.43. The average molecular weight is 352 g/mol. The lowest BCUT2D eigenvalue weighted by Crippen LogP contribution is -2.11. The lowest BCUT2D eigenvalue weighted by molar-refractivity contribution is -0.136. The van der Waals surface area contributed by atoms with Gasteiger partial charge in [-0.3, -0.25) is 0 Å². The van der Waals surface area contributed by atoms with E-state index in [1.807, 2.05) is 0 Å². The number of alkyl halides is 3. The van der Waals surface area contributed by atoms with Gasteiger partial charge in [-0.2, -0.15) is 13.2 Å². The fourth-order valence-corrected chi connectivity index (χ4v) is 2.75. The Balaban J connectivity index is 2.34. The monoisotopic (exact) mass is 351 g/mol. The van der Waals surface area contributed by atoms with Crippen LogP contribution in [0.25, 0.3) is 22.3 Å². The third-order valence-corrected chi connectivity index (χ3v) is 3.91. The molecule has 2 aromatic carbocycles. The Hall–Kier alpha value is -2.18. The molecule has 0 aliphatic carbocycles. The Morgan fingerprint density at radius 3 is 2.42 bits per heavy atom. The van der Waals surface area contributed by atoms with Crippen LogP contribution in [0.3, 0.4) is 0 Å². The van der Waals surface area contributed by atoms with Gasteiger partial charge in [-0.15, -0.1) is 0 Å². The van der Waals surface area contributed by atoms with Gasteiger partial charge in [0.15, 0.2) is 0 Å². The highest BCUT2D eigenvalue weighted by atomic mass is 35.5. The molecule has 0 fully saturated rings. The highest BCUT2D eigenvalue weighted by Gasteiger charge is 2.33. The molecule has 124 valence electrons. The van der Waals surface area contributed by atoms with Crippen LogP contribution in [0.4, 0.5) is 13.2 Å². The summed E-state index contributed by atoms with van der Waals surface area (Å²) in [6.45, 7) is 0.302. The van der Waals surface area contributed by atoms with Gasteiger partial charge in [-0.25, -0.2) is 9.97 Å². The lowest BCUT2D eigenvalue weighted by Gasteiger charge is -2.14. The zero-order chi connectivity index (χ0) is 17.3. The second-order valence-corrected chi connectivity index (χ2v) is 5.62. The van der Waals surface area contributed by atoms with Crippen molar-refractivity contribution in [1.29, 1.82) is 0 Å². The zero-order valence-corrected chi connectivity index (χ0v) is 13.2. The summed E-state index contributed by atoms with van der Waals surface area (Å²) >= 11 is 6.19. The van der Waals surface area contributed by atoms with Crippen molar-refractivity contribution >= 4 is 22.6 Å². The predicted molar refractivity (Wildman–Crippen MR) is 87.7 cm³/mol. The highest BCUT2D eigenvalue weighted by molar-refractivity contribution is 6.33. The smallest absolute Gasteiger partial charge is 0.330 e. The Morgan fingerprint density at radius 2 is 1.75 bits per heavy atom. The van der Waals surface area contributed by atoms with Crippen molar-refractivity contribution in [3.63, 3.8) is 0 Å². The molecule has 7 heteroatoms. The van der Waals surface area contributed by atoms with Crippen LogP contribution in [0.15, 0.2) is 42.5 Å². The third kappa shape index (κ3) is 3.07. The first-order valence-corrected chi connectivity index (χ1v) is 7.61. The molecule has 2 N–H and O–H groups in total. The van der Waals surface area contributed by atoms with Crippen molar-refractivity contribution in [2.45, 2.75) is 12.6 Å². The molecule has 24 heavy (non-hydrogen) atoms. The van der Waals surface area contributed by atoms with Crippen LogP contribution in [-0.2, 0) is 12.6 Å². The number of nitrogens with two attached hydrogens (primary N) is 1. The van der Waals surface area contributed by atoms with Crippen LogP contribution in [0, 0.1) is 0 Å². The maximum absolute atomic E-state index is 13.3. The minimum Gasteiger partial charge on any atom is -0.330 e. The number of para-hydroxylation sites is 1. The van der Waals surface area contributed by atoms with Crippen LogP contribution in [0.2, 0.25) is 5.02 Å². The van der Waals surface area contributed by atoms with Crippen LogP contribution in [0.1, 0.15) is 11.3 Å². The van der Waals surface area contributed by atoms with Crippen LogP contribution < -0.4 is 5.73 Å². The van der Waals surface area contributed by atoms with Crippen LogP contribution >= 0.6 is 11.6 Å². The quantitative estimate of drug-likeness (QED) is 0.757. The third-order valence-electron chi connectivity index (χ3n) is 3.58. The second-order valence-electron chi connectivity index (χ2n) is 5.21. The molecule has 1 heterocycles. The normalized spacial score (nSPS) is 11.9. The summed E-state index contributed by atoms with van der Waals surface area (Å²) in [6.07, 6.45) is -4.12. The summed E-state index contributed by atoms with van der Waals surface area (Å²) in [6, 6.07) is 10.7. The molecule has 0 unspecified atom stereocenters. The predicted octanol–water partition coefficient (Wildman–Crippen LogP) is 4.47. The van der Waals surface area contributed by atoms with Gasteiger partial charge < -0.3 is 5.73 Å². The van der Waals surface area contributed by atoms with Gasteiger partial charge in [0.1, 0.15) is 5.52 Å². The summed E-state index contributed by atoms with van der Waals surface area (Å²) in [5, 5.41) is 0.397. The van der Waals surface area contributed by atoms with Crippen LogP contribution in [0.5, 0.6) is 0 Å². The molecular formula is C17H13ClF3N3. The van der Waals surface area contributed by atoms with Gasteiger partial charge in [0.2, 0.25) is 0 Å². The maximum atomic E-state index is 13.3. The molecule has 0 saturated heterocycles. The molecule has 0 saturated carbocycles. The first kappa shape index (κ1) is 16.7. The molecule has 3 aromatic rings. The fraction of sp³-hybridized carbons (Fsp3) is 0.176. The van der Waals surface area contributed by atoms with Gasteiger partial charge >= 0.3 is 6.18 Å². The molecule has 0 spiro atoms. The molecule has 0 amide bonds. The molecule has 1 aromatic heterocycles. The second kappa shape index (κ2) is 6.37. The number of nitrogens with zero attached hydrogens (tertiary/aromatic N) is 2. The van der Waals surface area contributed by atoms with Gasteiger partial charge in [0.05, 0.1) is 27.5 Å². The van der Waals surface area contributed by atoms with E-state index in [0.29, 0.717) is 34.9 Å². The average Bonchev–Trinajstić information content (AvgIpc) is 2.53. The number of hydrogen-bond donors (Lipinski definition) is 1. The number of rotatable bonds is 3. The summed E-state index contributed by atoms with van der Waals surface area (Å²) < 4.78 is 39.8. The first-order valence-electron chi connectivity index (χ1n) is 7.23.